The largest absolute Gasteiger partial charge is 0.311 e. The Labute approximate surface area is 445 Å². The van der Waals surface area contributed by atoms with Gasteiger partial charge in [-0.1, -0.05) is 171 Å². The minimum atomic E-state index is -0.0487. The molecule has 378 valence electrons. The highest BCUT2D eigenvalue weighted by molar-refractivity contribution is 7.00. The van der Waals surface area contributed by atoms with Crippen molar-refractivity contribution in [2.75, 3.05) is 14.7 Å². The van der Waals surface area contributed by atoms with Crippen molar-refractivity contribution in [1.29, 1.82) is 0 Å². The minimum Gasteiger partial charge on any atom is -0.311 e. The number of aryl methyl sites for hydroxylation is 1. The van der Waals surface area contributed by atoms with E-state index in [1.54, 1.807) is 0 Å². The van der Waals surface area contributed by atoms with Gasteiger partial charge in [-0.3, -0.25) is 0 Å². The van der Waals surface area contributed by atoms with Crippen LogP contribution >= 0.6 is 0 Å². The third kappa shape index (κ3) is 7.41. The number of anilines is 9. The van der Waals surface area contributed by atoms with E-state index in [4.69, 9.17) is 0 Å². The van der Waals surface area contributed by atoms with Crippen molar-refractivity contribution in [3.8, 4) is 0 Å². The Morgan fingerprint density at radius 2 is 0.878 bits per heavy atom. The van der Waals surface area contributed by atoms with Crippen molar-refractivity contribution in [2.24, 2.45) is 0 Å². The van der Waals surface area contributed by atoms with Crippen molar-refractivity contribution in [1.82, 2.24) is 0 Å². The van der Waals surface area contributed by atoms with Crippen LogP contribution in [0, 0.1) is 6.92 Å². The van der Waals surface area contributed by atoms with Crippen LogP contribution in [0.15, 0.2) is 133 Å². The molecule has 0 amide bonds. The molecule has 0 N–H and O–H groups in total. The predicted octanol–water partition coefficient (Wildman–Crippen LogP) is 17.5. The molecular formula is C70H80BN3. The summed E-state index contributed by atoms with van der Waals surface area (Å²) in [6.45, 7) is 39.2. The summed E-state index contributed by atoms with van der Waals surface area (Å²) < 4.78 is 0. The van der Waals surface area contributed by atoms with Crippen molar-refractivity contribution < 1.29 is 0 Å². The van der Waals surface area contributed by atoms with Gasteiger partial charge in [0.15, 0.2) is 0 Å². The summed E-state index contributed by atoms with van der Waals surface area (Å²) in [5, 5.41) is 0. The standard InChI is InChI=1S/C70H80BN3/c1-44-35-51-55(70(15,16)43-69(51,13)14)41-59(44)74-58-30-27-45(64(2,3)4)36-56(58)71-57-40-53-54(68(11,12)34-33-67(53,9)10)42-60(57)73(48-28-29-50-52(37-48)66(7,8)32-31-65(50,5)6)61-38-49(39-62(74)63(61)71)72(46-23-19-17-20-24-46)47-25-21-18-22-26-47/h17-30,35-42H,31-34,43H2,1-16H3. The highest BCUT2D eigenvalue weighted by atomic mass is 15.2. The summed E-state index contributed by atoms with van der Waals surface area (Å²) in [5.74, 6) is 0. The summed E-state index contributed by atoms with van der Waals surface area (Å²) in [7, 11) is 0. The maximum absolute atomic E-state index is 2.73. The molecule has 2 heterocycles. The van der Waals surface area contributed by atoms with E-state index in [9.17, 15) is 0 Å². The molecule has 0 saturated heterocycles. The molecular weight excluding hydrogens is 894 g/mol. The Morgan fingerprint density at radius 3 is 1.45 bits per heavy atom. The van der Waals surface area contributed by atoms with Crippen molar-refractivity contribution in [2.45, 2.75) is 181 Å². The Kier molecular flexibility index (Phi) is 10.6. The van der Waals surface area contributed by atoms with E-state index in [1.165, 1.54) is 108 Å². The molecule has 2 aliphatic heterocycles. The first-order valence-electron chi connectivity index (χ1n) is 28.0. The normalized spacial score (nSPS) is 19.6. The molecule has 7 aromatic rings. The molecule has 0 saturated carbocycles. The lowest BCUT2D eigenvalue weighted by Crippen LogP contribution is -2.62. The fraction of sp³-hybridized carbons (Fsp3) is 0.400. The SMILES string of the molecule is Cc1cc2c(cc1N1c3ccc(C(C)(C)C)cc3B3c4cc5c(cc4N(c4ccc6c(c4)C(C)(C)CCC6(C)C)c4cc(N(c6ccccc6)c6ccccc6)cc1c43)C(C)(C)CCC5(C)C)C(C)(C)CC2(C)C. The molecule has 4 heteroatoms. The number of para-hydroxylation sites is 2. The van der Waals surface area contributed by atoms with Crippen molar-refractivity contribution >= 4 is 74.3 Å². The van der Waals surface area contributed by atoms with Gasteiger partial charge < -0.3 is 14.7 Å². The summed E-state index contributed by atoms with van der Waals surface area (Å²) in [5.41, 5.74) is 27.1. The Balaban J connectivity index is 1.26. The predicted molar refractivity (Wildman–Crippen MR) is 320 cm³/mol. The zero-order chi connectivity index (χ0) is 52.4. The van der Waals surface area contributed by atoms with E-state index in [-0.39, 0.29) is 44.6 Å². The number of fused-ring (bicyclic) bond motifs is 7. The van der Waals surface area contributed by atoms with Crippen LogP contribution in [0.2, 0.25) is 0 Å². The number of nitrogens with zero attached hydrogens (tertiary/aromatic N) is 3. The van der Waals surface area contributed by atoms with Crippen LogP contribution in [0.4, 0.5) is 51.2 Å². The zero-order valence-electron chi connectivity index (χ0n) is 47.7. The van der Waals surface area contributed by atoms with Crippen LogP contribution in [0.3, 0.4) is 0 Å². The highest BCUT2D eigenvalue weighted by Gasteiger charge is 2.49. The lowest BCUT2D eigenvalue weighted by molar-refractivity contribution is 0.332. The Hall–Kier alpha value is -6.00. The van der Waals surface area contributed by atoms with Gasteiger partial charge in [-0.2, -0.15) is 0 Å². The molecule has 7 aromatic carbocycles. The van der Waals surface area contributed by atoms with E-state index in [1.807, 2.05) is 0 Å². The quantitative estimate of drug-likeness (QED) is 0.159. The first-order valence-corrected chi connectivity index (χ1v) is 28.0. The van der Waals surface area contributed by atoms with E-state index in [0.717, 1.165) is 36.3 Å². The number of hydrogen-bond donors (Lipinski definition) is 0. The maximum Gasteiger partial charge on any atom is 0.252 e. The van der Waals surface area contributed by atoms with Gasteiger partial charge in [0.2, 0.25) is 0 Å². The smallest absolute Gasteiger partial charge is 0.252 e. The molecule has 3 nitrogen and oxygen atoms in total. The second-order valence-corrected chi connectivity index (χ2v) is 28.4. The van der Waals surface area contributed by atoms with Crippen LogP contribution in [0.1, 0.15) is 180 Å². The average Bonchev–Trinajstić information content (AvgIpc) is 3.52. The summed E-state index contributed by atoms with van der Waals surface area (Å²) >= 11 is 0. The molecule has 0 unspecified atom stereocenters. The molecule has 0 radical (unpaired) electrons. The van der Waals surface area contributed by atoms with Gasteiger partial charge in [-0.05, 0) is 205 Å². The molecule has 0 spiro atoms. The Morgan fingerprint density at radius 1 is 0.405 bits per heavy atom. The van der Waals surface area contributed by atoms with Crippen molar-refractivity contribution in [3.63, 3.8) is 0 Å². The number of rotatable bonds is 5. The Bertz CT molecular complexity index is 3400. The zero-order valence-corrected chi connectivity index (χ0v) is 47.7. The van der Waals surface area contributed by atoms with E-state index in [0.29, 0.717) is 0 Å². The van der Waals surface area contributed by atoms with Gasteiger partial charge in [0.1, 0.15) is 0 Å². The lowest BCUT2D eigenvalue weighted by Gasteiger charge is -2.48. The maximum atomic E-state index is 2.73. The van der Waals surface area contributed by atoms with Crippen LogP contribution in [-0.2, 0) is 37.9 Å². The summed E-state index contributed by atoms with van der Waals surface area (Å²) in [6, 6.07) is 52.9. The molecule has 12 rings (SSSR count). The molecule has 74 heavy (non-hydrogen) atoms. The first-order chi connectivity index (χ1) is 34.7. The first kappa shape index (κ1) is 48.9. The van der Waals surface area contributed by atoms with Gasteiger partial charge in [0.25, 0.3) is 6.71 Å². The fourth-order valence-electron chi connectivity index (χ4n) is 14.8. The molecule has 0 bridgehead atoms. The third-order valence-electron chi connectivity index (χ3n) is 19.2. The van der Waals surface area contributed by atoms with Crippen LogP contribution < -0.4 is 31.1 Å². The molecule has 3 aliphatic carbocycles. The minimum absolute atomic E-state index is 0.0139. The van der Waals surface area contributed by atoms with Crippen molar-refractivity contribution in [3.05, 3.63) is 178 Å². The van der Waals surface area contributed by atoms with Crippen LogP contribution in [0.5, 0.6) is 0 Å². The highest BCUT2D eigenvalue weighted by Crippen LogP contribution is 2.56. The molecule has 5 aliphatic rings. The van der Waals surface area contributed by atoms with Crippen LogP contribution in [0.25, 0.3) is 0 Å². The fourth-order valence-corrected chi connectivity index (χ4v) is 14.8. The van der Waals surface area contributed by atoms with E-state index in [2.05, 4.69) is 259 Å². The van der Waals surface area contributed by atoms with E-state index < -0.39 is 0 Å². The number of hydrogen-bond acceptors (Lipinski definition) is 3. The second-order valence-electron chi connectivity index (χ2n) is 28.4. The van der Waals surface area contributed by atoms with Gasteiger partial charge in [-0.15, -0.1) is 0 Å². The topological polar surface area (TPSA) is 9.72 Å². The summed E-state index contributed by atoms with van der Waals surface area (Å²) in [4.78, 5) is 7.93. The summed E-state index contributed by atoms with van der Waals surface area (Å²) in [6.07, 6.45) is 5.80. The monoisotopic (exact) mass is 974 g/mol. The number of benzene rings is 7. The van der Waals surface area contributed by atoms with Crippen LogP contribution in [-0.4, -0.2) is 6.71 Å². The van der Waals surface area contributed by atoms with Gasteiger partial charge in [0, 0.05) is 45.5 Å². The third-order valence-corrected chi connectivity index (χ3v) is 19.2. The molecule has 0 aromatic heterocycles. The van der Waals surface area contributed by atoms with Gasteiger partial charge in [-0.25, -0.2) is 0 Å². The second kappa shape index (κ2) is 16.0. The van der Waals surface area contributed by atoms with Gasteiger partial charge in [0.05, 0.1) is 5.69 Å². The average molecular weight is 974 g/mol. The van der Waals surface area contributed by atoms with Gasteiger partial charge >= 0.3 is 0 Å². The molecule has 0 atom stereocenters. The van der Waals surface area contributed by atoms with E-state index >= 15 is 0 Å². The molecule has 0 fully saturated rings. The lowest BCUT2D eigenvalue weighted by atomic mass is 9.33.